The van der Waals surface area contributed by atoms with Gasteiger partial charge in [0.1, 0.15) is 11.8 Å². The summed E-state index contributed by atoms with van der Waals surface area (Å²) in [5.74, 6) is -1.32. The number of hydrogen-bond acceptors (Lipinski definition) is 4. The number of carbonyl (C=O) groups is 3. The van der Waals surface area contributed by atoms with Crippen LogP contribution in [0.1, 0.15) is 32.6 Å². The summed E-state index contributed by atoms with van der Waals surface area (Å²) in [6.45, 7) is 1.81. The first-order valence-electron chi connectivity index (χ1n) is 6.72. The van der Waals surface area contributed by atoms with E-state index in [1.54, 1.807) is 7.05 Å². The van der Waals surface area contributed by atoms with Gasteiger partial charge in [0, 0.05) is 18.4 Å². The molecule has 1 aliphatic carbocycles. The lowest BCUT2D eigenvalue weighted by Gasteiger charge is -2.29. The summed E-state index contributed by atoms with van der Waals surface area (Å²) in [6, 6.07) is -0.730. The molecule has 1 saturated carbocycles. The van der Waals surface area contributed by atoms with Crippen LogP contribution >= 0.6 is 0 Å². The highest BCUT2D eigenvalue weighted by Gasteiger charge is 2.34. The number of Topliss-reactive ketones (excluding diaryl/α,β-unsaturated/α-hetero) is 1. The molecule has 0 unspecified atom stereocenters. The highest BCUT2D eigenvalue weighted by Crippen LogP contribution is 2.30. The van der Waals surface area contributed by atoms with Gasteiger partial charge in [0.2, 0.25) is 11.8 Å². The fourth-order valence-corrected chi connectivity index (χ4v) is 2.64. The van der Waals surface area contributed by atoms with Crippen LogP contribution in [-0.4, -0.2) is 37.2 Å². The van der Waals surface area contributed by atoms with Gasteiger partial charge in [-0.15, -0.1) is 0 Å². The molecule has 2 amide bonds. The molecule has 6 nitrogen and oxygen atoms in total. The van der Waals surface area contributed by atoms with Crippen LogP contribution in [-0.2, 0) is 14.4 Å². The normalized spacial score (nSPS) is 24.5. The molecular formula is C13H23N3O3. The van der Waals surface area contributed by atoms with Crippen LogP contribution < -0.4 is 16.4 Å². The summed E-state index contributed by atoms with van der Waals surface area (Å²) in [7, 11) is 1.68. The van der Waals surface area contributed by atoms with E-state index >= 15 is 0 Å². The maximum Gasteiger partial charge on any atom is 0.241 e. The predicted octanol–water partition coefficient (Wildman–Crippen LogP) is -0.429. The molecule has 0 aromatic heterocycles. The summed E-state index contributed by atoms with van der Waals surface area (Å²) in [5, 5.41) is 5.45. The third-order valence-corrected chi connectivity index (χ3v) is 3.69. The second kappa shape index (κ2) is 7.23. The Bertz CT molecular complexity index is 357. The van der Waals surface area contributed by atoms with E-state index < -0.39 is 11.9 Å². The van der Waals surface area contributed by atoms with Gasteiger partial charge in [0.25, 0.3) is 0 Å². The summed E-state index contributed by atoms with van der Waals surface area (Å²) in [6.07, 6.45) is 3.36. The molecule has 0 aromatic rings. The first kappa shape index (κ1) is 15.6. The van der Waals surface area contributed by atoms with Gasteiger partial charge in [0.15, 0.2) is 0 Å². The second-order valence-electron chi connectivity index (χ2n) is 5.13. The van der Waals surface area contributed by atoms with E-state index in [2.05, 4.69) is 10.6 Å². The van der Waals surface area contributed by atoms with Gasteiger partial charge in [-0.1, -0.05) is 12.8 Å². The second-order valence-corrected chi connectivity index (χ2v) is 5.13. The molecular weight excluding hydrogens is 246 g/mol. The van der Waals surface area contributed by atoms with Crippen LogP contribution in [0.15, 0.2) is 0 Å². The van der Waals surface area contributed by atoms with E-state index in [1.165, 1.54) is 6.92 Å². The minimum atomic E-state index is -0.730. The molecule has 1 aliphatic rings. The van der Waals surface area contributed by atoms with E-state index in [9.17, 15) is 14.4 Å². The maximum absolute atomic E-state index is 12.2. The quantitative estimate of drug-likeness (QED) is 0.609. The lowest BCUT2D eigenvalue weighted by atomic mass is 9.76. The first-order valence-corrected chi connectivity index (χ1v) is 6.72. The van der Waals surface area contributed by atoms with Gasteiger partial charge >= 0.3 is 0 Å². The molecule has 0 aliphatic heterocycles. The monoisotopic (exact) mass is 269 g/mol. The highest BCUT2D eigenvalue weighted by molar-refractivity contribution is 5.91. The number of rotatable bonds is 6. The van der Waals surface area contributed by atoms with Crippen LogP contribution in [0.2, 0.25) is 0 Å². The van der Waals surface area contributed by atoms with Crippen molar-refractivity contribution in [2.75, 3.05) is 13.6 Å². The van der Waals surface area contributed by atoms with E-state index in [0.717, 1.165) is 19.3 Å². The zero-order chi connectivity index (χ0) is 14.4. The number of nitrogens with one attached hydrogen (secondary N) is 2. The Kier molecular flexibility index (Phi) is 5.95. The van der Waals surface area contributed by atoms with Gasteiger partial charge in [-0.2, -0.15) is 0 Å². The summed E-state index contributed by atoms with van der Waals surface area (Å²) in [5.41, 5.74) is 5.23. The number of ketones is 1. The van der Waals surface area contributed by atoms with Crippen LogP contribution in [0, 0.1) is 11.8 Å². The number of hydrogen-bond donors (Lipinski definition) is 3. The Morgan fingerprint density at radius 2 is 1.79 bits per heavy atom. The van der Waals surface area contributed by atoms with Crippen LogP contribution in [0.5, 0.6) is 0 Å². The Morgan fingerprint density at radius 1 is 1.21 bits per heavy atom. The first-order chi connectivity index (χ1) is 8.97. The zero-order valence-electron chi connectivity index (χ0n) is 11.6. The van der Waals surface area contributed by atoms with Crippen molar-refractivity contribution in [1.82, 2.24) is 10.6 Å². The number of primary amides is 1. The van der Waals surface area contributed by atoms with E-state index in [1.807, 2.05) is 0 Å². The van der Waals surface area contributed by atoms with Crippen LogP contribution in [0.3, 0.4) is 0 Å². The van der Waals surface area contributed by atoms with Crippen molar-refractivity contribution in [3.63, 3.8) is 0 Å². The maximum atomic E-state index is 12.2. The number of amides is 2. The van der Waals surface area contributed by atoms with Gasteiger partial charge in [-0.05, 0) is 26.8 Å². The predicted molar refractivity (Wildman–Crippen MR) is 71.2 cm³/mol. The van der Waals surface area contributed by atoms with Crippen LogP contribution in [0.25, 0.3) is 0 Å². The van der Waals surface area contributed by atoms with Crippen molar-refractivity contribution >= 4 is 17.6 Å². The van der Waals surface area contributed by atoms with Gasteiger partial charge in [0.05, 0.1) is 0 Å². The Morgan fingerprint density at radius 3 is 2.26 bits per heavy atom. The van der Waals surface area contributed by atoms with Crippen molar-refractivity contribution in [3.8, 4) is 0 Å². The number of likely N-dealkylation sites (N-methyl/N-ethyl adjacent to an activating group) is 1. The lowest BCUT2D eigenvalue weighted by Crippen LogP contribution is -2.52. The Balaban J connectivity index is 2.68. The zero-order valence-corrected chi connectivity index (χ0v) is 11.6. The summed E-state index contributed by atoms with van der Waals surface area (Å²) < 4.78 is 0. The molecule has 3 atom stereocenters. The molecule has 108 valence electrons. The average Bonchev–Trinajstić information content (AvgIpc) is 2.37. The van der Waals surface area contributed by atoms with E-state index in [-0.39, 0.29) is 23.5 Å². The molecule has 1 rings (SSSR count). The smallest absolute Gasteiger partial charge is 0.241 e. The van der Waals surface area contributed by atoms with Crippen molar-refractivity contribution in [3.05, 3.63) is 0 Å². The standard InChI is InChI=1S/C13H23N3O3/c1-8(17)9-5-3-4-6-10(9)13(19)16-11(7-15-2)12(14)18/h9-11,15H,3-7H2,1-2H3,(H2,14,18)(H,16,19)/t9-,10-,11+/m0/s1. The number of carbonyl (C=O) groups excluding carboxylic acids is 3. The third-order valence-electron chi connectivity index (χ3n) is 3.69. The van der Waals surface area contributed by atoms with Gasteiger partial charge < -0.3 is 16.4 Å². The highest BCUT2D eigenvalue weighted by atomic mass is 16.2. The van der Waals surface area contributed by atoms with Crippen molar-refractivity contribution in [1.29, 1.82) is 0 Å². The van der Waals surface area contributed by atoms with E-state index in [4.69, 9.17) is 5.73 Å². The minimum Gasteiger partial charge on any atom is -0.368 e. The molecule has 0 spiro atoms. The van der Waals surface area contributed by atoms with E-state index in [0.29, 0.717) is 13.0 Å². The minimum absolute atomic E-state index is 0.0455. The lowest BCUT2D eigenvalue weighted by molar-refractivity contribution is -0.136. The molecule has 0 aromatic carbocycles. The average molecular weight is 269 g/mol. The topological polar surface area (TPSA) is 101 Å². The molecule has 0 saturated heterocycles. The molecule has 19 heavy (non-hydrogen) atoms. The molecule has 1 fully saturated rings. The fourth-order valence-electron chi connectivity index (χ4n) is 2.64. The van der Waals surface area contributed by atoms with Gasteiger partial charge in [-0.25, -0.2) is 0 Å². The number of nitrogens with two attached hydrogens (primary N) is 1. The van der Waals surface area contributed by atoms with Crippen molar-refractivity contribution in [2.45, 2.75) is 38.6 Å². The molecule has 0 heterocycles. The van der Waals surface area contributed by atoms with Crippen molar-refractivity contribution in [2.24, 2.45) is 17.6 Å². The fraction of sp³-hybridized carbons (Fsp3) is 0.769. The Labute approximate surface area is 113 Å². The third kappa shape index (κ3) is 4.31. The molecule has 0 radical (unpaired) electrons. The summed E-state index contributed by atoms with van der Waals surface area (Å²) in [4.78, 5) is 35.0. The van der Waals surface area contributed by atoms with Crippen molar-refractivity contribution < 1.29 is 14.4 Å². The largest absolute Gasteiger partial charge is 0.368 e. The van der Waals surface area contributed by atoms with Crippen LogP contribution in [0.4, 0.5) is 0 Å². The molecule has 6 heteroatoms. The van der Waals surface area contributed by atoms with Gasteiger partial charge in [-0.3, -0.25) is 14.4 Å². The SMILES string of the molecule is CNC[C@@H](NC(=O)[C@H]1CCCC[C@H]1C(C)=O)C(N)=O. The molecule has 4 N–H and O–H groups in total. The molecule has 0 bridgehead atoms. The Hall–Kier alpha value is -1.43. The summed E-state index contributed by atoms with van der Waals surface area (Å²) >= 11 is 0.